The number of nitrogens with one attached hydrogen (secondary N) is 1. The second kappa shape index (κ2) is 8.16. The topological polar surface area (TPSA) is 71.3 Å². The molecule has 1 aliphatic heterocycles. The summed E-state index contributed by atoms with van der Waals surface area (Å²) >= 11 is 6.20. The van der Waals surface area contributed by atoms with Gasteiger partial charge < -0.3 is 9.84 Å². The van der Waals surface area contributed by atoms with Crippen LogP contribution in [-0.2, 0) is 0 Å². The molecule has 2 amide bonds. The third kappa shape index (κ3) is 3.74. The van der Waals surface area contributed by atoms with Gasteiger partial charge in [-0.25, -0.2) is 4.79 Å². The van der Waals surface area contributed by atoms with Gasteiger partial charge in [-0.2, -0.15) is 4.98 Å². The van der Waals surface area contributed by atoms with E-state index in [0.29, 0.717) is 23.3 Å². The Bertz CT molecular complexity index is 1130. The maximum absolute atomic E-state index is 12.7. The highest BCUT2D eigenvalue weighted by molar-refractivity contribution is 6.30. The molecule has 1 unspecified atom stereocenters. The molecule has 2 heterocycles. The Morgan fingerprint density at radius 2 is 2.00 bits per heavy atom. The lowest BCUT2D eigenvalue weighted by atomic mass is 9.94. The highest BCUT2D eigenvalue weighted by Crippen LogP contribution is 2.37. The maximum Gasteiger partial charge on any atom is 0.322 e. The van der Waals surface area contributed by atoms with Crippen LogP contribution >= 0.6 is 11.6 Å². The summed E-state index contributed by atoms with van der Waals surface area (Å²) < 4.78 is 5.65. The fourth-order valence-electron chi connectivity index (χ4n) is 3.50. The van der Waals surface area contributed by atoms with Crippen LogP contribution in [0.15, 0.2) is 71.4 Å². The molecule has 1 aromatic heterocycles. The van der Waals surface area contributed by atoms with E-state index >= 15 is 0 Å². The minimum absolute atomic E-state index is 0.223. The van der Waals surface area contributed by atoms with Crippen LogP contribution in [0.3, 0.4) is 0 Å². The zero-order chi connectivity index (χ0) is 21.3. The number of hydrogen-bond donors (Lipinski definition) is 1. The molecule has 152 valence electrons. The summed E-state index contributed by atoms with van der Waals surface area (Å²) in [7, 11) is 0. The average molecular weight is 421 g/mol. The molecule has 6 nitrogen and oxygen atoms in total. The number of urea groups is 1. The summed E-state index contributed by atoms with van der Waals surface area (Å²) in [5.41, 5.74) is 4.29. The predicted octanol–water partition coefficient (Wildman–Crippen LogP) is 5.38. The number of halogens is 1. The lowest BCUT2D eigenvalue weighted by Crippen LogP contribution is -2.46. The van der Waals surface area contributed by atoms with Crippen LogP contribution in [0.1, 0.15) is 30.0 Å². The van der Waals surface area contributed by atoms with E-state index in [2.05, 4.69) is 22.0 Å². The molecular formula is C23H21ClN4O2. The van der Waals surface area contributed by atoms with Crippen molar-refractivity contribution in [3.8, 4) is 11.4 Å². The number of carbonyl (C=O) groups excluding carboxylic acids is 1. The van der Waals surface area contributed by atoms with Crippen molar-refractivity contribution >= 4 is 23.2 Å². The number of rotatable bonds is 5. The standard InChI is InChI=1S/C23H21ClN4O2/c1-4-12-28-15(3)19(20(25-23(28)29)17-6-5-7-18(24)13-17)22-26-21(27-30-22)16-10-8-14(2)9-11-16/h4-11,13,20H,1,12H2,2-3H3,(H,25,29). The molecule has 1 aliphatic rings. The van der Waals surface area contributed by atoms with E-state index in [-0.39, 0.29) is 6.03 Å². The molecule has 7 heteroatoms. The number of amides is 2. The van der Waals surface area contributed by atoms with Gasteiger partial charge in [0.05, 0.1) is 11.6 Å². The van der Waals surface area contributed by atoms with E-state index in [1.54, 1.807) is 17.0 Å². The zero-order valence-corrected chi connectivity index (χ0v) is 17.5. The van der Waals surface area contributed by atoms with Crippen molar-refractivity contribution in [1.82, 2.24) is 20.4 Å². The Morgan fingerprint density at radius 1 is 1.23 bits per heavy atom. The largest absolute Gasteiger partial charge is 0.334 e. The zero-order valence-electron chi connectivity index (χ0n) is 16.7. The quantitative estimate of drug-likeness (QED) is 0.562. The molecule has 0 spiro atoms. The van der Waals surface area contributed by atoms with E-state index in [9.17, 15) is 4.79 Å². The van der Waals surface area contributed by atoms with Gasteiger partial charge in [0.25, 0.3) is 5.89 Å². The SMILES string of the molecule is C=CCN1C(=O)NC(c2cccc(Cl)c2)C(c2nc(-c3ccc(C)cc3)no2)=C1C. The van der Waals surface area contributed by atoms with Gasteiger partial charge in [0.15, 0.2) is 0 Å². The monoisotopic (exact) mass is 420 g/mol. The molecule has 0 saturated heterocycles. The van der Waals surface area contributed by atoms with Crippen molar-refractivity contribution in [2.75, 3.05) is 6.54 Å². The van der Waals surface area contributed by atoms with Crippen molar-refractivity contribution in [1.29, 1.82) is 0 Å². The van der Waals surface area contributed by atoms with Gasteiger partial charge >= 0.3 is 6.03 Å². The molecule has 1 atom stereocenters. The van der Waals surface area contributed by atoms with E-state index in [1.807, 2.05) is 56.3 Å². The first-order valence-corrected chi connectivity index (χ1v) is 9.92. The first-order chi connectivity index (χ1) is 14.5. The third-order valence-corrected chi connectivity index (χ3v) is 5.29. The van der Waals surface area contributed by atoms with E-state index in [0.717, 1.165) is 28.0 Å². The van der Waals surface area contributed by atoms with Gasteiger partial charge in [0.2, 0.25) is 5.82 Å². The number of allylic oxidation sites excluding steroid dienone is 1. The summed E-state index contributed by atoms with van der Waals surface area (Å²) in [6, 6.07) is 14.6. The van der Waals surface area contributed by atoms with Crippen LogP contribution < -0.4 is 5.32 Å². The van der Waals surface area contributed by atoms with Crippen LogP contribution in [-0.4, -0.2) is 27.6 Å². The molecule has 30 heavy (non-hydrogen) atoms. The van der Waals surface area contributed by atoms with Crippen LogP contribution in [0.4, 0.5) is 4.79 Å². The fraction of sp³-hybridized carbons (Fsp3) is 0.174. The van der Waals surface area contributed by atoms with E-state index < -0.39 is 6.04 Å². The maximum atomic E-state index is 12.7. The van der Waals surface area contributed by atoms with Gasteiger partial charge in [-0.3, -0.25) is 4.90 Å². The van der Waals surface area contributed by atoms with Crippen molar-refractivity contribution < 1.29 is 9.32 Å². The Balaban J connectivity index is 1.82. The van der Waals surface area contributed by atoms with Gasteiger partial charge in [-0.15, -0.1) is 6.58 Å². The molecule has 0 aliphatic carbocycles. The predicted molar refractivity (Wildman–Crippen MR) is 117 cm³/mol. The highest BCUT2D eigenvalue weighted by Gasteiger charge is 2.35. The van der Waals surface area contributed by atoms with E-state index in [4.69, 9.17) is 16.1 Å². The lowest BCUT2D eigenvalue weighted by Gasteiger charge is -2.34. The van der Waals surface area contributed by atoms with Gasteiger partial charge in [0, 0.05) is 22.8 Å². The van der Waals surface area contributed by atoms with E-state index in [1.165, 1.54) is 0 Å². The average Bonchev–Trinajstić information content (AvgIpc) is 3.21. The first-order valence-electron chi connectivity index (χ1n) is 9.54. The summed E-state index contributed by atoms with van der Waals surface area (Å²) in [5, 5.41) is 7.77. The second-order valence-corrected chi connectivity index (χ2v) is 7.56. The Kier molecular flexibility index (Phi) is 5.42. The third-order valence-electron chi connectivity index (χ3n) is 5.06. The minimum atomic E-state index is -0.469. The molecular weight excluding hydrogens is 400 g/mol. The highest BCUT2D eigenvalue weighted by atomic mass is 35.5. The Hall–Kier alpha value is -3.38. The smallest absolute Gasteiger partial charge is 0.322 e. The molecule has 2 aromatic carbocycles. The summed E-state index contributed by atoms with van der Waals surface area (Å²) in [6.45, 7) is 8.00. The van der Waals surface area contributed by atoms with Gasteiger partial charge in [-0.1, -0.05) is 64.8 Å². The lowest BCUT2D eigenvalue weighted by molar-refractivity contribution is 0.209. The molecule has 0 radical (unpaired) electrons. The summed E-state index contributed by atoms with van der Waals surface area (Å²) in [5.74, 6) is 0.837. The number of nitrogens with zero attached hydrogens (tertiary/aromatic N) is 3. The van der Waals surface area contributed by atoms with Crippen LogP contribution in [0, 0.1) is 6.92 Å². The second-order valence-electron chi connectivity index (χ2n) is 7.13. The molecule has 4 rings (SSSR count). The number of benzene rings is 2. The van der Waals surface area contributed by atoms with Crippen molar-refractivity contribution in [3.63, 3.8) is 0 Å². The normalized spacial score (nSPS) is 16.6. The molecule has 1 N–H and O–H groups in total. The Labute approximate surface area is 179 Å². The molecule has 0 saturated carbocycles. The van der Waals surface area contributed by atoms with Crippen LogP contribution in [0.25, 0.3) is 17.0 Å². The van der Waals surface area contributed by atoms with Crippen molar-refractivity contribution in [2.45, 2.75) is 19.9 Å². The number of aromatic nitrogens is 2. The number of carbonyl (C=O) groups is 1. The summed E-state index contributed by atoms with van der Waals surface area (Å²) in [6.07, 6.45) is 1.67. The van der Waals surface area contributed by atoms with Crippen molar-refractivity contribution in [2.24, 2.45) is 0 Å². The van der Waals surface area contributed by atoms with Crippen molar-refractivity contribution in [3.05, 3.63) is 88.9 Å². The first kappa shape index (κ1) is 19.9. The van der Waals surface area contributed by atoms with Crippen LogP contribution in [0.2, 0.25) is 5.02 Å². The number of aryl methyl sites for hydroxylation is 1. The Morgan fingerprint density at radius 3 is 2.70 bits per heavy atom. The van der Waals surface area contributed by atoms with Crippen LogP contribution in [0.5, 0.6) is 0 Å². The fourth-order valence-corrected chi connectivity index (χ4v) is 3.69. The summed E-state index contributed by atoms with van der Waals surface area (Å²) in [4.78, 5) is 19.0. The van der Waals surface area contributed by atoms with Gasteiger partial charge in [0.1, 0.15) is 0 Å². The minimum Gasteiger partial charge on any atom is -0.334 e. The van der Waals surface area contributed by atoms with Gasteiger partial charge in [-0.05, 0) is 31.5 Å². The molecule has 0 fully saturated rings. The molecule has 3 aromatic rings. The number of hydrogen-bond acceptors (Lipinski definition) is 4. The molecule has 0 bridgehead atoms.